The maximum Gasteiger partial charge on any atom is 0.310 e. The van der Waals surface area contributed by atoms with Crippen LogP contribution in [0.2, 0.25) is 0 Å². The number of amides is 2. The van der Waals surface area contributed by atoms with Crippen LogP contribution >= 0.6 is 0 Å². The van der Waals surface area contributed by atoms with Crippen molar-refractivity contribution in [1.29, 1.82) is 0 Å². The molecule has 1 atom stereocenters. The maximum absolute atomic E-state index is 12.2. The van der Waals surface area contributed by atoms with Gasteiger partial charge in [0.15, 0.2) is 0 Å². The van der Waals surface area contributed by atoms with Gasteiger partial charge < -0.3 is 15.7 Å². The minimum absolute atomic E-state index is 0.147. The predicted molar refractivity (Wildman–Crippen MR) is 71.2 cm³/mol. The van der Waals surface area contributed by atoms with Gasteiger partial charge in [0, 0.05) is 12.5 Å². The summed E-state index contributed by atoms with van der Waals surface area (Å²) in [7, 11) is 0. The van der Waals surface area contributed by atoms with Gasteiger partial charge in [0.05, 0.1) is 12.0 Å². The predicted octanol–water partition coefficient (Wildman–Crippen LogP) is 0.846. The minimum Gasteiger partial charge on any atom is -0.481 e. The first-order chi connectivity index (χ1) is 8.52. The molecule has 0 aromatic rings. The van der Waals surface area contributed by atoms with Gasteiger partial charge in [-0.1, -0.05) is 13.8 Å². The molecule has 2 amide bonds. The second-order valence-corrected chi connectivity index (χ2v) is 5.64. The molecule has 0 aliphatic heterocycles. The number of aliphatic carboxylic acids is 1. The van der Waals surface area contributed by atoms with E-state index in [1.54, 1.807) is 34.6 Å². The fourth-order valence-corrected chi connectivity index (χ4v) is 1.67. The summed E-state index contributed by atoms with van der Waals surface area (Å²) >= 11 is 0. The van der Waals surface area contributed by atoms with Crippen LogP contribution in [0, 0.1) is 11.3 Å². The lowest BCUT2D eigenvalue weighted by Crippen LogP contribution is -2.46. The first-order valence-corrected chi connectivity index (χ1v) is 6.33. The Morgan fingerprint density at radius 2 is 1.68 bits per heavy atom. The Kier molecular flexibility index (Phi) is 5.99. The van der Waals surface area contributed by atoms with Crippen molar-refractivity contribution >= 4 is 17.8 Å². The van der Waals surface area contributed by atoms with Crippen LogP contribution in [0.25, 0.3) is 0 Å². The van der Waals surface area contributed by atoms with Crippen molar-refractivity contribution in [2.75, 3.05) is 6.54 Å². The zero-order valence-electron chi connectivity index (χ0n) is 12.3. The van der Waals surface area contributed by atoms with Crippen molar-refractivity contribution in [1.82, 2.24) is 4.90 Å². The average molecular weight is 272 g/mol. The van der Waals surface area contributed by atoms with E-state index in [9.17, 15) is 19.5 Å². The normalized spacial score (nSPS) is 14.3. The van der Waals surface area contributed by atoms with Gasteiger partial charge in [0.1, 0.15) is 0 Å². The van der Waals surface area contributed by atoms with E-state index in [1.807, 2.05) is 0 Å². The topological polar surface area (TPSA) is 101 Å². The fourth-order valence-electron chi connectivity index (χ4n) is 1.67. The molecule has 0 aliphatic carbocycles. The van der Waals surface area contributed by atoms with E-state index in [-0.39, 0.29) is 30.8 Å². The van der Waals surface area contributed by atoms with Crippen molar-refractivity contribution in [3.05, 3.63) is 0 Å². The highest BCUT2D eigenvalue weighted by atomic mass is 16.4. The summed E-state index contributed by atoms with van der Waals surface area (Å²) in [6, 6.07) is -0.204. The first-order valence-electron chi connectivity index (χ1n) is 6.33. The van der Waals surface area contributed by atoms with Crippen LogP contribution < -0.4 is 5.73 Å². The molecule has 0 fully saturated rings. The van der Waals surface area contributed by atoms with Crippen LogP contribution in [-0.4, -0.2) is 40.4 Å². The van der Waals surface area contributed by atoms with E-state index in [2.05, 4.69) is 0 Å². The Bertz CT molecular complexity index is 366. The van der Waals surface area contributed by atoms with Crippen molar-refractivity contribution in [3.8, 4) is 0 Å². The van der Waals surface area contributed by atoms with E-state index in [0.29, 0.717) is 0 Å². The van der Waals surface area contributed by atoms with Crippen LogP contribution in [0.3, 0.4) is 0 Å². The Morgan fingerprint density at radius 3 is 1.95 bits per heavy atom. The van der Waals surface area contributed by atoms with Crippen molar-refractivity contribution in [2.24, 2.45) is 17.1 Å². The Labute approximate surface area is 113 Å². The summed E-state index contributed by atoms with van der Waals surface area (Å²) in [5.41, 5.74) is 3.95. The van der Waals surface area contributed by atoms with Gasteiger partial charge in [-0.15, -0.1) is 0 Å². The monoisotopic (exact) mass is 272 g/mol. The molecule has 1 unspecified atom stereocenters. The summed E-state index contributed by atoms with van der Waals surface area (Å²) in [5.74, 6) is -2.19. The van der Waals surface area contributed by atoms with Gasteiger partial charge in [0.2, 0.25) is 11.8 Å². The SMILES string of the molecule is CC(C)N(CC(N)=O)C(=O)CC(C)(C(=O)O)C(C)C. The number of primary amides is 1. The van der Waals surface area contributed by atoms with E-state index < -0.39 is 17.3 Å². The first kappa shape index (κ1) is 17.4. The molecule has 19 heavy (non-hydrogen) atoms. The Morgan fingerprint density at radius 1 is 1.21 bits per heavy atom. The molecule has 110 valence electrons. The lowest BCUT2D eigenvalue weighted by Gasteiger charge is -2.32. The van der Waals surface area contributed by atoms with Gasteiger partial charge >= 0.3 is 5.97 Å². The molecule has 6 nitrogen and oxygen atoms in total. The molecule has 0 aromatic carbocycles. The Balaban J connectivity index is 5.07. The summed E-state index contributed by atoms with van der Waals surface area (Å²) < 4.78 is 0. The van der Waals surface area contributed by atoms with Crippen molar-refractivity contribution in [3.63, 3.8) is 0 Å². The molecule has 3 N–H and O–H groups in total. The van der Waals surface area contributed by atoms with Crippen LogP contribution in [0.4, 0.5) is 0 Å². The third-order valence-corrected chi connectivity index (χ3v) is 3.55. The highest BCUT2D eigenvalue weighted by molar-refractivity contribution is 5.88. The highest BCUT2D eigenvalue weighted by Gasteiger charge is 2.40. The highest BCUT2D eigenvalue weighted by Crippen LogP contribution is 2.32. The maximum atomic E-state index is 12.2. The van der Waals surface area contributed by atoms with Crippen LogP contribution in [0.5, 0.6) is 0 Å². The van der Waals surface area contributed by atoms with Gasteiger partial charge in [-0.3, -0.25) is 14.4 Å². The summed E-state index contributed by atoms with van der Waals surface area (Å²) in [5, 5.41) is 9.29. The molecule has 0 spiro atoms. The third kappa shape index (κ3) is 4.54. The zero-order valence-corrected chi connectivity index (χ0v) is 12.3. The molecule has 0 aliphatic rings. The second-order valence-electron chi connectivity index (χ2n) is 5.64. The molecule has 6 heteroatoms. The number of carboxylic acid groups (broad SMARTS) is 1. The van der Waals surface area contributed by atoms with Gasteiger partial charge in [0.25, 0.3) is 0 Å². The zero-order chi connectivity index (χ0) is 15.4. The number of hydrogen-bond acceptors (Lipinski definition) is 3. The molecular formula is C13H24N2O4. The van der Waals surface area contributed by atoms with E-state index >= 15 is 0 Å². The molecule has 0 aromatic heterocycles. The van der Waals surface area contributed by atoms with E-state index in [0.717, 1.165) is 0 Å². The van der Waals surface area contributed by atoms with Crippen molar-refractivity contribution < 1.29 is 19.5 Å². The summed E-state index contributed by atoms with van der Waals surface area (Å²) in [4.78, 5) is 35.8. The van der Waals surface area contributed by atoms with Crippen LogP contribution in [0.15, 0.2) is 0 Å². The molecule has 0 saturated heterocycles. The fraction of sp³-hybridized carbons (Fsp3) is 0.769. The lowest BCUT2D eigenvalue weighted by atomic mass is 9.76. The summed E-state index contributed by atoms with van der Waals surface area (Å²) in [6.45, 7) is 8.39. The number of carbonyl (C=O) groups excluding carboxylic acids is 2. The van der Waals surface area contributed by atoms with Gasteiger partial charge in [-0.2, -0.15) is 0 Å². The quantitative estimate of drug-likeness (QED) is 0.717. The standard InChI is InChI=1S/C13H24N2O4/c1-8(2)13(5,12(18)19)6-11(17)15(9(3)4)7-10(14)16/h8-9H,6-7H2,1-5H3,(H2,14,16)(H,18,19). The van der Waals surface area contributed by atoms with Gasteiger partial charge in [-0.05, 0) is 26.7 Å². The molecule has 0 bridgehead atoms. The number of nitrogens with zero attached hydrogens (tertiary/aromatic N) is 1. The number of carbonyl (C=O) groups is 3. The average Bonchev–Trinajstić information content (AvgIpc) is 2.24. The van der Waals surface area contributed by atoms with Crippen LogP contribution in [0.1, 0.15) is 41.0 Å². The second kappa shape index (κ2) is 6.54. The third-order valence-electron chi connectivity index (χ3n) is 3.55. The lowest BCUT2D eigenvalue weighted by molar-refractivity contribution is -0.156. The van der Waals surface area contributed by atoms with Gasteiger partial charge in [-0.25, -0.2) is 0 Å². The number of carboxylic acids is 1. The molecule has 0 saturated carbocycles. The van der Waals surface area contributed by atoms with E-state index in [4.69, 9.17) is 5.73 Å². The number of nitrogens with two attached hydrogens (primary N) is 1. The minimum atomic E-state index is -1.15. The number of rotatable bonds is 7. The van der Waals surface area contributed by atoms with Crippen molar-refractivity contribution in [2.45, 2.75) is 47.1 Å². The smallest absolute Gasteiger partial charge is 0.310 e. The Hall–Kier alpha value is -1.59. The van der Waals surface area contributed by atoms with E-state index in [1.165, 1.54) is 4.90 Å². The van der Waals surface area contributed by atoms with Crippen LogP contribution in [-0.2, 0) is 14.4 Å². The molecular weight excluding hydrogens is 248 g/mol. The largest absolute Gasteiger partial charge is 0.481 e. The molecule has 0 rings (SSSR count). The summed E-state index contributed by atoms with van der Waals surface area (Å²) in [6.07, 6.45) is -0.147. The number of hydrogen-bond donors (Lipinski definition) is 2. The molecule has 0 radical (unpaired) electrons. The molecule has 0 heterocycles.